The maximum absolute atomic E-state index is 4.62. The van der Waals surface area contributed by atoms with E-state index in [1.165, 1.54) is 5.17 Å². The van der Waals surface area contributed by atoms with Crippen molar-refractivity contribution in [3.05, 3.63) is 17.5 Å². The minimum Gasteiger partial charge on any atom is -0.348 e. The summed E-state index contributed by atoms with van der Waals surface area (Å²) in [6.07, 6.45) is 0. The Balaban J connectivity index is 1.63. The Labute approximate surface area is 124 Å². The van der Waals surface area contributed by atoms with Crippen LogP contribution in [0.5, 0.6) is 0 Å². The zero-order valence-corrected chi connectivity index (χ0v) is 13.2. The van der Waals surface area contributed by atoms with E-state index in [0.29, 0.717) is 5.25 Å². The lowest BCUT2D eigenvalue weighted by molar-refractivity contribution is 0.389. The van der Waals surface area contributed by atoms with Crippen LogP contribution in [-0.4, -0.2) is 58.0 Å². The summed E-state index contributed by atoms with van der Waals surface area (Å²) in [5.41, 5.74) is 2.08. The number of aryl methyl sites for hydroxylation is 2. The van der Waals surface area contributed by atoms with Crippen molar-refractivity contribution < 1.29 is 0 Å². The molecular weight excluding hydrogens is 270 g/mol. The van der Waals surface area contributed by atoms with Crippen LogP contribution in [0.2, 0.25) is 0 Å². The molecule has 1 saturated heterocycles. The van der Waals surface area contributed by atoms with Crippen molar-refractivity contribution >= 4 is 22.9 Å². The van der Waals surface area contributed by atoms with Crippen molar-refractivity contribution in [2.45, 2.75) is 26.0 Å². The molecule has 0 N–H and O–H groups in total. The number of aromatic nitrogens is 2. The normalized spacial score (nSPS) is 23.1. The number of amidine groups is 1. The fraction of sp³-hybridized carbons (Fsp3) is 0.643. The van der Waals surface area contributed by atoms with E-state index < -0.39 is 0 Å². The molecule has 1 atom stereocenters. The molecule has 0 amide bonds. The number of anilines is 1. The standard InChI is InChI=1S/C14H21N5S/c1-10-8-11(2)17-13(16-10)18-4-6-19(7-5-18)14-15-9-12(3)20-14/h8,12H,4-7,9H2,1-3H3/t12-/m0/s1. The van der Waals surface area contributed by atoms with E-state index in [4.69, 9.17) is 0 Å². The van der Waals surface area contributed by atoms with Crippen molar-refractivity contribution in [2.75, 3.05) is 37.6 Å². The Bertz CT molecular complexity index is 502. The van der Waals surface area contributed by atoms with Crippen molar-refractivity contribution in [3.8, 4) is 0 Å². The average molecular weight is 291 g/mol. The molecule has 0 saturated carbocycles. The van der Waals surface area contributed by atoms with Gasteiger partial charge >= 0.3 is 0 Å². The van der Waals surface area contributed by atoms with Crippen molar-refractivity contribution in [1.29, 1.82) is 0 Å². The first-order valence-electron chi connectivity index (χ1n) is 7.15. The summed E-state index contributed by atoms with van der Waals surface area (Å²) in [5, 5.41) is 1.85. The van der Waals surface area contributed by atoms with E-state index in [-0.39, 0.29) is 0 Å². The van der Waals surface area contributed by atoms with Crippen LogP contribution in [0.15, 0.2) is 11.1 Å². The van der Waals surface area contributed by atoms with Gasteiger partial charge in [0.25, 0.3) is 0 Å². The van der Waals surface area contributed by atoms with Crippen LogP contribution in [-0.2, 0) is 0 Å². The maximum Gasteiger partial charge on any atom is 0.225 e. The SMILES string of the molecule is Cc1cc(C)nc(N2CCN(C3=NC[C@H](C)S3)CC2)n1. The van der Waals surface area contributed by atoms with Gasteiger partial charge in [-0.15, -0.1) is 0 Å². The maximum atomic E-state index is 4.62. The molecule has 0 aliphatic carbocycles. The fourth-order valence-electron chi connectivity index (χ4n) is 2.58. The van der Waals surface area contributed by atoms with Gasteiger partial charge in [0.2, 0.25) is 5.95 Å². The zero-order valence-electron chi connectivity index (χ0n) is 12.3. The van der Waals surface area contributed by atoms with E-state index in [1.54, 1.807) is 0 Å². The molecule has 2 aliphatic rings. The Morgan fingerprint density at radius 1 is 1.05 bits per heavy atom. The van der Waals surface area contributed by atoms with Crippen molar-refractivity contribution in [3.63, 3.8) is 0 Å². The van der Waals surface area contributed by atoms with E-state index in [9.17, 15) is 0 Å². The summed E-state index contributed by atoms with van der Waals surface area (Å²) >= 11 is 1.90. The molecule has 3 heterocycles. The highest BCUT2D eigenvalue weighted by Crippen LogP contribution is 2.24. The first-order chi connectivity index (χ1) is 9.61. The van der Waals surface area contributed by atoms with E-state index >= 15 is 0 Å². The van der Waals surface area contributed by atoms with E-state index in [2.05, 4.69) is 31.7 Å². The largest absolute Gasteiger partial charge is 0.348 e. The Hall–Kier alpha value is -1.30. The summed E-state index contributed by atoms with van der Waals surface area (Å²) in [6.45, 7) is 11.2. The molecule has 1 fully saturated rings. The first-order valence-corrected chi connectivity index (χ1v) is 8.03. The predicted octanol–water partition coefficient (Wildman–Crippen LogP) is 1.71. The number of hydrogen-bond donors (Lipinski definition) is 0. The lowest BCUT2D eigenvalue weighted by atomic mass is 10.3. The Morgan fingerprint density at radius 3 is 2.20 bits per heavy atom. The van der Waals surface area contributed by atoms with Crippen molar-refractivity contribution in [2.24, 2.45) is 4.99 Å². The van der Waals surface area contributed by atoms with Gasteiger partial charge in [0, 0.05) is 42.8 Å². The molecule has 6 heteroatoms. The second kappa shape index (κ2) is 5.60. The number of thioether (sulfide) groups is 1. The highest BCUT2D eigenvalue weighted by Gasteiger charge is 2.25. The molecule has 1 aromatic rings. The monoisotopic (exact) mass is 291 g/mol. The fourth-order valence-corrected chi connectivity index (χ4v) is 3.57. The van der Waals surface area contributed by atoms with Gasteiger partial charge in [-0.25, -0.2) is 9.97 Å². The van der Waals surface area contributed by atoms with Gasteiger partial charge in [-0.05, 0) is 19.9 Å². The van der Waals surface area contributed by atoms with Crippen LogP contribution in [0.3, 0.4) is 0 Å². The summed E-state index contributed by atoms with van der Waals surface area (Å²) in [7, 11) is 0. The molecule has 1 aromatic heterocycles. The molecule has 108 valence electrons. The quantitative estimate of drug-likeness (QED) is 0.788. The third kappa shape index (κ3) is 2.90. The number of nitrogens with zero attached hydrogens (tertiary/aromatic N) is 5. The molecule has 0 spiro atoms. The average Bonchev–Trinajstić information content (AvgIpc) is 2.84. The molecule has 0 aromatic carbocycles. The summed E-state index contributed by atoms with van der Waals surface area (Å²) in [5.74, 6) is 0.872. The second-order valence-corrected chi connectivity index (χ2v) is 6.88. The highest BCUT2D eigenvalue weighted by atomic mass is 32.2. The number of hydrogen-bond acceptors (Lipinski definition) is 6. The van der Waals surface area contributed by atoms with Crippen LogP contribution >= 0.6 is 11.8 Å². The topological polar surface area (TPSA) is 44.6 Å². The van der Waals surface area contributed by atoms with E-state index in [1.807, 2.05) is 31.7 Å². The van der Waals surface area contributed by atoms with Gasteiger partial charge in [0.1, 0.15) is 0 Å². The van der Waals surface area contributed by atoms with Gasteiger partial charge in [0.15, 0.2) is 5.17 Å². The van der Waals surface area contributed by atoms with Crippen molar-refractivity contribution in [1.82, 2.24) is 14.9 Å². The lowest BCUT2D eigenvalue weighted by Crippen LogP contribution is -2.48. The molecular formula is C14H21N5S. The van der Waals surface area contributed by atoms with Crippen LogP contribution < -0.4 is 4.90 Å². The molecule has 3 rings (SSSR count). The molecule has 2 aliphatic heterocycles. The Morgan fingerprint density at radius 2 is 1.65 bits per heavy atom. The number of aliphatic imine (C=N–C) groups is 1. The van der Waals surface area contributed by atoms with Gasteiger partial charge < -0.3 is 9.80 Å². The van der Waals surface area contributed by atoms with Crippen LogP contribution in [0.1, 0.15) is 18.3 Å². The molecule has 0 unspecified atom stereocenters. The zero-order chi connectivity index (χ0) is 14.1. The van der Waals surface area contributed by atoms with Crippen LogP contribution in [0.4, 0.5) is 5.95 Å². The highest BCUT2D eigenvalue weighted by molar-refractivity contribution is 8.14. The van der Waals surface area contributed by atoms with Gasteiger partial charge in [-0.2, -0.15) is 0 Å². The smallest absolute Gasteiger partial charge is 0.225 e. The van der Waals surface area contributed by atoms with Gasteiger partial charge in [-0.3, -0.25) is 4.99 Å². The van der Waals surface area contributed by atoms with Gasteiger partial charge in [0.05, 0.1) is 6.54 Å². The third-order valence-electron chi connectivity index (χ3n) is 3.59. The second-order valence-electron chi connectivity index (χ2n) is 5.48. The first kappa shape index (κ1) is 13.7. The van der Waals surface area contributed by atoms with Crippen LogP contribution in [0.25, 0.3) is 0 Å². The van der Waals surface area contributed by atoms with E-state index in [0.717, 1.165) is 50.1 Å². The predicted molar refractivity (Wildman–Crippen MR) is 84.6 cm³/mol. The third-order valence-corrected chi connectivity index (χ3v) is 4.74. The summed E-state index contributed by atoms with van der Waals surface area (Å²) in [6, 6.07) is 2.02. The Kier molecular flexibility index (Phi) is 3.83. The van der Waals surface area contributed by atoms with Crippen LogP contribution in [0, 0.1) is 13.8 Å². The molecule has 20 heavy (non-hydrogen) atoms. The molecule has 0 bridgehead atoms. The minimum atomic E-state index is 0.630. The molecule has 5 nitrogen and oxygen atoms in total. The number of piperazine rings is 1. The van der Waals surface area contributed by atoms with Gasteiger partial charge in [-0.1, -0.05) is 18.7 Å². The summed E-state index contributed by atoms with van der Waals surface area (Å²) in [4.78, 5) is 18.4. The summed E-state index contributed by atoms with van der Waals surface area (Å²) < 4.78 is 0. The number of rotatable bonds is 1. The lowest BCUT2D eigenvalue weighted by Gasteiger charge is -2.35. The molecule has 0 radical (unpaired) electrons. The minimum absolute atomic E-state index is 0.630.